The van der Waals surface area contributed by atoms with E-state index in [1.165, 1.54) is 18.2 Å². The Morgan fingerprint density at radius 2 is 2.14 bits per heavy atom. The largest absolute Gasteiger partial charge is 0.349 e. The smallest absolute Gasteiger partial charge is 0.269 e. The molecule has 1 saturated carbocycles. The van der Waals surface area contributed by atoms with Gasteiger partial charge in [0.25, 0.3) is 11.6 Å². The van der Waals surface area contributed by atoms with E-state index in [0.717, 1.165) is 25.7 Å². The number of nitro groups is 1. The second kappa shape index (κ2) is 6.67. The Morgan fingerprint density at radius 3 is 2.76 bits per heavy atom. The number of nitrogens with one attached hydrogen (secondary N) is 1. The molecule has 0 aliphatic heterocycles. The van der Waals surface area contributed by atoms with Crippen molar-refractivity contribution in [2.45, 2.75) is 38.6 Å². The molecule has 3 N–H and O–H groups in total. The molecule has 1 aliphatic carbocycles. The van der Waals surface area contributed by atoms with Gasteiger partial charge in [-0.3, -0.25) is 14.9 Å². The highest BCUT2D eigenvalue weighted by Gasteiger charge is 2.26. The number of rotatable bonds is 4. The molecular formula is C15H21N3O3. The SMILES string of the molecule is Cc1cc([N+](=O)[O-])ccc1C(=O)NC1CCCCC1CN. The number of amides is 1. The minimum Gasteiger partial charge on any atom is -0.349 e. The number of carbonyl (C=O) groups excluding carboxylic acids is 1. The van der Waals surface area contributed by atoms with E-state index in [0.29, 0.717) is 23.6 Å². The molecule has 0 spiro atoms. The zero-order chi connectivity index (χ0) is 15.4. The number of benzene rings is 1. The molecule has 6 heteroatoms. The quantitative estimate of drug-likeness (QED) is 0.656. The van der Waals surface area contributed by atoms with Crippen LogP contribution in [0.2, 0.25) is 0 Å². The van der Waals surface area contributed by atoms with Crippen molar-refractivity contribution in [1.29, 1.82) is 0 Å². The van der Waals surface area contributed by atoms with Gasteiger partial charge in [-0.25, -0.2) is 0 Å². The van der Waals surface area contributed by atoms with Gasteiger partial charge in [-0.15, -0.1) is 0 Å². The zero-order valence-electron chi connectivity index (χ0n) is 12.2. The van der Waals surface area contributed by atoms with Crippen molar-refractivity contribution in [3.8, 4) is 0 Å². The first-order valence-electron chi connectivity index (χ1n) is 7.29. The van der Waals surface area contributed by atoms with E-state index >= 15 is 0 Å². The third-order valence-electron chi connectivity index (χ3n) is 4.19. The summed E-state index contributed by atoms with van der Waals surface area (Å²) in [5.41, 5.74) is 6.87. The van der Waals surface area contributed by atoms with Crippen LogP contribution in [0.1, 0.15) is 41.6 Å². The minimum atomic E-state index is -0.458. The Morgan fingerprint density at radius 1 is 1.43 bits per heavy atom. The van der Waals surface area contributed by atoms with Crippen LogP contribution in [-0.2, 0) is 0 Å². The maximum absolute atomic E-state index is 12.4. The van der Waals surface area contributed by atoms with Gasteiger partial charge in [0.1, 0.15) is 0 Å². The molecule has 0 aromatic heterocycles. The molecule has 21 heavy (non-hydrogen) atoms. The highest BCUT2D eigenvalue weighted by Crippen LogP contribution is 2.24. The Labute approximate surface area is 123 Å². The summed E-state index contributed by atoms with van der Waals surface area (Å²) in [6.45, 7) is 2.29. The van der Waals surface area contributed by atoms with Gasteiger partial charge in [0.2, 0.25) is 0 Å². The van der Waals surface area contributed by atoms with Crippen LogP contribution < -0.4 is 11.1 Å². The van der Waals surface area contributed by atoms with E-state index in [9.17, 15) is 14.9 Å². The second-order valence-electron chi connectivity index (χ2n) is 5.62. The van der Waals surface area contributed by atoms with E-state index in [4.69, 9.17) is 5.73 Å². The number of non-ortho nitro benzene ring substituents is 1. The first kappa shape index (κ1) is 15.4. The molecule has 2 rings (SSSR count). The third-order valence-corrected chi connectivity index (χ3v) is 4.19. The molecule has 1 amide bonds. The monoisotopic (exact) mass is 291 g/mol. The first-order chi connectivity index (χ1) is 10.0. The van der Waals surface area contributed by atoms with Crippen LogP contribution in [-0.4, -0.2) is 23.4 Å². The molecular weight excluding hydrogens is 270 g/mol. The Bertz CT molecular complexity index is 545. The lowest BCUT2D eigenvalue weighted by Gasteiger charge is -2.31. The number of hydrogen-bond donors (Lipinski definition) is 2. The molecule has 0 heterocycles. The average Bonchev–Trinajstić information content (AvgIpc) is 2.47. The second-order valence-corrected chi connectivity index (χ2v) is 5.62. The molecule has 1 aromatic rings. The fourth-order valence-corrected chi connectivity index (χ4v) is 2.94. The number of nitrogens with two attached hydrogens (primary N) is 1. The summed E-state index contributed by atoms with van der Waals surface area (Å²) in [6, 6.07) is 4.41. The summed E-state index contributed by atoms with van der Waals surface area (Å²) in [6.07, 6.45) is 4.24. The normalized spacial score (nSPS) is 21.8. The lowest BCUT2D eigenvalue weighted by Crippen LogP contribution is -2.44. The fourth-order valence-electron chi connectivity index (χ4n) is 2.94. The van der Waals surface area contributed by atoms with Crippen LogP contribution in [0.5, 0.6) is 0 Å². The van der Waals surface area contributed by atoms with Crippen molar-refractivity contribution in [2.75, 3.05) is 6.54 Å². The minimum absolute atomic E-state index is 0.00144. The highest BCUT2D eigenvalue weighted by molar-refractivity contribution is 5.96. The first-order valence-corrected chi connectivity index (χ1v) is 7.29. The molecule has 6 nitrogen and oxygen atoms in total. The molecule has 1 aromatic carbocycles. The third kappa shape index (κ3) is 3.58. The van der Waals surface area contributed by atoms with Gasteiger partial charge in [0, 0.05) is 23.7 Å². The van der Waals surface area contributed by atoms with Crippen LogP contribution in [0.4, 0.5) is 5.69 Å². The summed E-state index contributed by atoms with van der Waals surface area (Å²) >= 11 is 0. The summed E-state index contributed by atoms with van der Waals surface area (Å²) in [4.78, 5) is 22.6. The van der Waals surface area contributed by atoms with Crippen LogP contribution in [0.15, 0.2) is 18.2 Å². The Hall–Kier alpha value is -1.95. The fraction of sp³-hybridized carbons (Fsp3) is 0.533. The molecule has 114 valence electrons. The molecule has 0 radical (unpaired) electrons. The maximum atomic E-state index is 12.4. The van der Waals surface area contributed by atoms with E-state index in [2.05, 4.69) is 5.32 Å². The van der Waals surface area contributed by atoms with Gasteiger partial charge < -0.3 is 11.1 Å². The van der Waals surface area contributed by atoms with Crippen LogP contribution in [0, 0.1) is 23.0 Å². The summed E-state index contributed by atoms with van der Waals surface area (Å²) in [5, 5.41) is 13.8. The molecule has 0 bridgehead atoms. The number of aryl methyl sites for hydroxylation is 1. The predicted molar refractivity (Wildman–Crippen MR) is 80.1 cm³/mol. The van der Waals surface area contributed by atoms with Gasteiger partial charge in [0.15, 0.2) is 0 Å². The van der Waals surface area contributed by atoms with Gasteiger partial charge in [-0.1, -0.05) is 12.8 Å². The molecule has 1 aliphatic rings. The zero-order valence-corrected chi connectivity index (χ0v) is 12.2. The van der Waals surface area contributed by atoms with Gasteiger partial charge in [-0.2, -0.15) is 0 Å². The van der Waals surface area contributed by atoms with E-state index in [-0.39, 0.29) is 17.6 Å². The number of hydrogen-bond acceptors (Lipinski definition) is 4. The van der Waals surface area contributed by atoms with Crippen molar-refractivity contribution in [3.05, 3.63) is 39.4 Å². The average molecular weight is 291 g/mol. The van der Waals surface area contributed by atoms with E-state index < -0.39 is 4.92 Å². The molecule has 0 saturated heterocycles. The predicted octanol–water partition coefficient (Wildman–Crippen LogP) is 2.15. The number of nitrogens with zero attached hydrogens (tertiary/aromatic N) is 1. The van der Waals surface area contributed by atoms with Crippen molar-refractivity contribution in [2.24, 2.45) is 11.7 Å². The topological polar surface area (TPSA) is 98.3 Å². The maximum Gasteiger partial charge on any atom is 0.269 e. The van der Waals surface area contributed by atoms with Crippen LogP contribution >= 0.6 is 0 Å². The summed E-state index contributed by atoms with van der Waals surface area (Å²) in [7, 11) is 0. The van der Waals surface area contributed by atoms with E-state index in [1.807, 2.05) is 0 Å². The van der Waals surface area contributed by atoms with Gasteiger partial charge in [-0.05, 0) is 43.9 Å². The lowest BCUT2D eigenvalue weighted by atomic mass is 9.84. The summed E-state index contributed by atoms with van der Waals surface area (Å²) in [5.74, 6) is 0.147. The number of nitro benzene ring substituents is 1. The van der Waals surface area contributed by atoms with Crippen molar-refractivity contribution in [1.82, 2.24) is 5.32 Å². The summed E-state index contributed by atoms with van der Waals surface area (Å²) < 4.78 is 0. The number of carbonyl (C=O) groups is 1. The van der Waals surface area contributed by atoms with Gasteiger partial charge in [0.05, 0.1) is 4.92 Å². The van der Waals surface area contributed by atoms with Crippen molar-refractivity contribution >= 4 is 11.6 Å². The van der Waals surface area contributed by atoms with Gasteiger partial charge >= 0.3 is 0 Å². The van der Waals surface area contributed by atoms with E-state index in [1.54, 1.807) is 6.92 Å². The Balaban J connectivity index is 2.11. The van der Waals surface area contributed by atoms with Crippen LogP contribution in [0.25, 0.3) is 0 Å². The molecule has 2 unspecified atom stereocenters. The molecule has 2 atom stereocenters. The van der Waals surface area contributed by atoms with Crippen LogP contribution in [0.3, 0.4) is 0 Å². The highest BCUT2D eigenvalue weighted by atomic mass is 16.6. The standard InChI is InChI=1S/C15H21N3O3/c1-10-8-12(18(20)21)6-7-13(10)15(19)17-14-5-3-2-4-11(14)9-16/h6-8,11,14H,2-5,9,16H2,1H3,(H,17,19). The molecule has 1 fully saturated rings. The van der Waals surface area contributed by atoms with Crippen molar-refractivity contribution < 1.29 is 9.72 Å². The Kier molecular flexibility index (Phi) is 4.90. The lowest BCUT2D eigenvalue weighted by molar-refractivity contribution is -0.384. The van der Waals surface area contributed by atoms with Crippen molar-refractivity contribution in [3.63, 3.8) is 0 Å².